The Bertz CT molecular complexity index is 1230. The van der Waals surface area contributed by atoms with E-state index in [9.17, 15) is 9.59 Å². The molecule has 1 aromatic carbocycles. The zero-order valence-corrected chi connectivity index (χ0v) is 21.5. The van der Waals surface area contributed by atoms with Crippen LogP contribution in [0.4, 0.5) is 5.69 Å². The number of hydrogen-bond donors (Lipinski definition) is 1. The number of fused-ring (bicyclic) bond motifs is 1. The molecule has 0 unspecified atom stereocenters. The van der Waals surface area contributed by atoms with Crippen molar-refractivity contribution >= 4 is 62.3 Å². The first kappa shape index (κ1) is 25.1. The largest absolute Gasteiger partial charge is 0.485 e. The third kappa shape index (κ3) is 5.69. The van der Waals surface area contributed by atoms with Crippen LogP contribution >= 0.6 is 39.1 Å². The monoisotopic (exact) mass is 552 g/mol. The van der Waals surface area contributed by atoms with Gasteiger partial charge in [0.2, 0.25) is 11.8 Å². The van der Waals surface area contributed by atoms with E-state index in [1.54, 1.807) is 31.3 Å². The normalized spacial score (nSPS) is 11.2. The highest BCUT2D eigenvalue weighted by molar-refractivity contribution is 9.10. The van der Waals surface area contributed by atoms with E-state index < -0.39 is 0 Å². The number of pyridine rings is 1. The van der Waals surface area contributed by atoms with Crippen molar-refractivity contribution < 1.29 is 14.3 Å². The van der Waals surface area contributed by atoms with Crippen LogP contribution in [0.1, 0.15) is 24.6 Å². The molecule has 0 bridgehead atoms. The summed E-state index contributed by atoms with van der Waals surface area (Å²) in [5.74, 6) is 0.0145. The third-order valence-electron chi connectivity index (χ3n) is 4.96. The Morgan fingerprint density at radius 3 is 2.79 bits per heavy atom. The van der Waals surface area contributed by atoms with Crippen LogP contribution in [0.5, 0.6) is 5.75 Å². The number of hydrogen-bond acceptors (Lipinski definition) is 4. The smallest absolute Gasteiger partial charge is 0.246 e. The molecule has 0 radical (unpaired) electrons. The predicted octanol–water partition coefficient (Wildman–Crippen LogP) is 5.34. The van der Waals surface area contributed by atoms with Crippen molar-refractivity contribution in [2.24, 2.45) is 0 Å². The van der Waals surface area contributed by atoms with Crippen molar-refractivity contribution in [3.63, 3.8) is 0 Å². The van der Waals surface area contributed by atoms with Gasteiger partial charge in [-0.1, -0.05) is 35.4 Å². The van der Waals surface area contributed by atoms with Gasteiger partial charge in [0.25, 0.3) is 0 Å². The summed E-state index contributed by atoms with van der Waals surface area (Å²) in [6, 6.07) is 6.98. The number of aromatic nitrogens is 2. The fourth-order valence-electron chi connectivity index (χ4n) is 3.09. The number of aryl methyl sites for hydroxylation is 1. The zero-order chi connectivity index (χ0) is 24.1. The Balaban J connectivity index is 1.77. The van der Waals surface area contributed by atoms with Gasteiger partial charge < -0.3 is 15.0 Å². The lowest BCUT2D eigenvalue weighted by molar-refractivity contribution is -0.124. The van der Waals surface area contributed by atoms with Gasteiger partial charge in [-0.05, 0) is 54.0 Å². The van der Waals surface area contributed by atoms with Crippen LogP contribution in [0.15, 0.2) is 47.2 Å². The number of carbonyl (C=O) groups is 2. The molecular weight excluding hydrogens is 531 g/mol. The van der Waals surface area contributed by atoms with Crippen LogP contribution in [0.25, 0.3) is 5.65 Å². The quantitative estimate of drug-likeness (QED) is 0.382. The number of rotatable bonds is 8. The summed E-state index contributed by atoms with van der Waals surface area (Å²) in [6.45, 7) is 3.66. The molecule has 0 aliphatic heterocycles. The van der Waals surface area contributed by atoms with Crippen molar-refractivity contribution in [1.82, 2.24) is 14.7 Å². The van der Waals surface area contributed by atoms with E-state index in [1.165, 1.54) is 4.90 Å². The number of nitrogens with one attached hydrogen (secondary N) is 1. The van der Waals surface area contributed by atoms with Crippen molar-refractivity contribution in [2.45, 2.75) is 26.9 Å². The predicted molar refractivity (Wildman–Crippen MR) is 134 cm³/mol. The maximum Gasteiger partial charge on any atom is 0.246 e. The van der Waals surface area contributed by atoms with Crippen molar-refractivity contribution in [2.75, 3.05) is 18.5 Å². The van der Waals surface area contributed by atoms with E-state index in [0.29, 0.717) is 32.7 Å². The van der Waals surface area contributed by atoms with Crippen LogP contribution in [-0.4, -0.2) is 34.8 Å². The summed E-state index contributed by atoms with van der Waals surface area (Å²) in [6.07, 6.45) is 5.59. The molecule has 174 valence electrons. The van der Waals surface area contributed by atoms with Crippen LogP contribution < -0.4 is 15.0 Å². The number of carbonyl (C=O) groups excluding carboxylic acids is 2. The molecule has 3 aromatic rings. The standard InChI is InChI=1S/C23H23BrCl2N4O3/c1-4-5-8-19(31)27-12-20(32)29(3)17-10-9-16(25)15(21(17)26)13-33-18-7-6-11-30-22(24)14(2)28-23(18)30/h4-7,9-11H,8,12-13H2,1-3H3,(H,27,31)/b5-4+. The third-order valence-corrected chi connectivity index (χ3v) is 6.70. The summed E-state index contributed by atoms with van der Waals surface area (Å²) in [4.78, 5) is 30.3. The number of halogens is 3. The van der Waals surface area contributed by atoms with Crippen LogP contribution in [0, 0.1) is 6.92 Å². The molecule has 0 saturated heterocycles. The maximum absolute atomic E-state index is 12.6. The molecule has 2 aromatic heterocycles. The molecule has 10 heteroatoms. The summed E-state index contributed by atoms with van der Waals surface area (Å²) in [5.41, 5.74) is 2.50. The summed E-state index contributed by atoms with van der Waals surface area (Å²) >= 11 is 16.5. The molecule has 0 fully saturated rings. The molecule has 0 atom stereocenters. The minimum atomic E-state index is -0.317. The van der Waals surface area contributed by atoms with Gasteiger partial charge in [-0.25, -0.2) is 4.98 Å². The van der Waals surface area contributed by atoms with Crippen LogP contribution in [0.3, 0.4) is 0 Å². The molecule has 33 heavy (non-hydrogen) atoms. The molecule has 2 amide bonds. The highest BCUT2D eigenvalue weighted by Crippen LogP contribution is 2.35. The number of benzene rings is 1. The fourth-order valence-corrected chi connectivity index (χ4v) is 4.07. The van der Waals surface area contributed by atoms with Crippen molar-refractivity contribution in [3.05, 3.63) is 68.5 Å². The number of ether oxygens (including phenoxy) is 1. The number of nitrogens with zero attached hydrogens (tertiary/aromatic N) is 3. The van der Waals surface area contributed by atoms with E-state index in [-0.39, 0.29) is 31.4 Å². The number of allylic oxidation sites excluding steroid dienone is 1. The molecule has 2 heterocycles. The van der Waals surface area contributed by atoms with Gasteiger partial charge in [-0.3, -0.25) is 14.0 Å². The number of likely N-dealkylation sites (N-methyl/N-ethyl adjacent to an activating group) is 1. The Morgan fingerprint density at radius 1 is 1.30 bits per heavy atom. The van der Waals surface area contributed by atoms with E-state index in [4.69, 9.17) is 27.9 Å². The van der Waals surface area contributed by atoms with Gasteiger partial charge in [0.05, 0.1) is 22.9 Å². The highest BCUT2D eigenvalue weighted by atomic mass is 79.9. The van der Waals surface area contributed by atoms with Gasteiger partial charge in [0.1, 0.15) is 11.2 Å². The molecule has 7 nitrogen and oxygen atoms in total. The Morgan fingerprint density at radius 2 is 2.06 bits per heavy atom. The second kappa shape index (κ2) is 11.0. The van der Waals surface area contributed by atoms with Crippen LogP contribution in [-0.2, 0) is 16.2 Å². The topological polar surface area (TPSA) is 75.9 Å². The first-order valence-corrected chi connectivity index (χ1v) is 11.7. The van der Waals surface area contributed by atoms with Gasteiger partial charge in [0.15, 0.2) is 11.4 Å². The molecule has 0 aliphatic rings. The Hall–Kier alpha value is -2.55. The second-order valence-corrected chi connectivity index (χ2v) is 8.74. The van der Waals surface area contributed by atoms with Gasteiger partial charge in [0, 0.05) is 30.3 Å². The Labute approximate surface area is 210 Å². The highest BCUT2D eigenvalue weighted by Gasteiger charge is 2.19. The fraction of sp³-hybridized carbons (Fsp3) is 0.261. The van der Waals surface area contributed by atoms with E-state index >= 15 is 0 Å². The molecule has 0 aliphatic carbocycles. The lowest BCUT2D eigenvalue weighted by Gasteiger charge is -2.21. The summed E-state index contributed by atoms with van der Waals surface area (Å²) in [7, 11) is 1.59. The van der Waals surface area contributed by atoms with Gasteiger partial charge >= 0.3 is 0 Å². The average Bonchev–Trinajstić information content (AvgIpc) is 3.09. The lowest BCUT2D eigenvalue weighted by atomic mass is 10.2. The molecule has 0 saturated carbocycles. The number of amides is 2. The Kier molecular flexibility index (Phi) is 8.40. The van der Waals surface area contributed by atoms with E-state index in [1.807, 2.05) is 36.6 Å². The lowest BCUT2D eigenvalue weighted by Crippen LogP contribution is -2.38. The molecule has 0 spiro atoms. The van der Waals surface area contributed by atoms with Crippen molar-refractivity contribution in [3.8, 4) is 5.75 Å². The average molecular weight is 554 g/mol. The SMILES string of the molecule is C/C=C/CC(=O)NCC(=O)N(C)c1ccc(Cl)c(COc2cccn3c(Br)c(C)nc23)c1Cl. The van der Waals surface area contributed by atoms with E-state index in [2.05, 4.69) is 26.2 Å². The van der Waals surface area contributed by atoms with Crippen molar-refractivity contribution in [1.29, 1.82) is 0 Å². The molecular formula is C23H23BrCl2N4O3. The van der Waals surface area contributed by atoms with Crippen LogP contribution in [0.2, 0.25) is 10.0 Å². The first-order chi connectivity index (χ1) is 15.7. The van der Waals surface area contributed by atoms with Gasteiger partial charge in [-0.2, -0.15) is 0 Å². The number of anilines is 1. The minimum Gasteiger partial charge on any atom is -0.485 e. The molecule has 1 N–H and O–H groups in total. The molecule has 3 rings (SSSR count). The number of imidazole rings is 1. The minimum absolute atomic E-state index is 0.0802. The summed E-state index contributed by atoms with van der Waals surface area (Å²) in [5, 5.41) is 3.31. The van der Waals surface area contributed by atoms with E-state index in [0.717, 1.165) is 10.3 Å². The summed E-state index contributed by atoms with van der Waals surface area (Å²) < 4.78 is 8.73. The zero-order valence-electron chi connectivity index (χ0n) is 18.4. The van der Waals surface area contributed by atoms with Gasteiger partial charge in [-0.15, -0.1) is 0 Å². The second-order valence-electron chi connectivity index (χ2n) is 7.20. The maximum atomic E-state index is 12.6. The first-order valence-electron chi connectivity index (χ1n) is 10.1.